The predicted molar refractivity (Wildman–Crippen MR) is 68.4 cm³/mol. The standard InChI is InChI=1S/C14H20O4/c1-3-4-8-17-14(16)10-18-13-7-5-6-12(9-13)11(2)15/h5-7,9,11,15H,3-4,8,10H2,1-2H3. The first-order chi connectivity index (χ1) is 8.63. The summed E-state index contributed by atoms with van der Waals surface area (Å²) in [5.41, 5.74) is 0.756. The molecule has 0 fully saturated rings. The number of aliphatic hydroxyl groups is 1. The van der Waals surface area contributed by atoms with Crippen LogP contribution in [0.2, 0.25) is 0 Å². The SMILES string of the molecule is CCCCOC(=O)COc1cccc(C(C)O)c1. The zero-order chi connectivity index (χ0) is 13.4. The number of unbranched alkanes of at least 4 members (excludes halogenated alkanes) is 1. The quantitative estimate of drug-likeness (QED) is 0.598. The summed E-state index contributed by atoms with van der Waals surface area (Å²) in [6.07, 6.45) is 1.30. The van der Waals surface area contributed by atoms with Crippen LogP contribution >= 0.6 is 0 Å². The van der Waals surface area contributed by atoms with E-state index in [0.717, 1.165) is 18.4 Å². The van der Waals surface area contributed by atoms with Crippen molar-refractivity contribution < 1.29 is 19.4 Å². The molecule has 0 heterocycles. The molecule has 1 aromatic rings. The van der Waals surface area contributed by atoms with Crippen molar-refractivity contribution in [2.45, 2.75) is 32.8 Å². The van der Waals surface area contributed by atoms with Gasteiger partial charge in [-0.2, -0.15) is 0 Å². The maximum atomic E-state index is 11.3. The fourth-order valence-corrected chi connectivity index (χ4v) is 1.38. The molecule has 0 radical (unpaired) electrons. The van der Waals surface area contributed by atoms with Gasteiger partial charge in [-0.3, -0.25) is 0 Å². The molecule has 0 spiro atoms. The highest BCUT2D eigenvalue weighted by Gasteiger charge is 2.06. The van der Waals surface area contributed by atoms with Crippen LogP contribution in [0.4, 0.5) is 0 Å². The number of hydrogen-bond acceptors (Lipinski definition) is 4. The lowest BCUT2D eigenvalue weighted by Crippen LogP contribution is -2.15. The summed E-state index contributed by atoms with van der Waals surface area (Å²) in [5, 5.41) is 9.42. The third kappa shape index (κ3) is 5.19. The van der Waals surface area contributed by atoms with Crippen LogP contribution < -0.4 is 4.74 Å². The molecule has 4 heteroatoms. The van der Waals surface area contributed by atoms with E-state index in [0.29, 0.717) is 12.4 Å². The normalized spacial score (nSPS) is 11.9. The number of ether oxygens (including phenoxy) is 2. The molecule has 0 aliphatic heterocycles. The summed E-state index contributed by atoms with van der Waals surface area (Å²) in [4.78, 5) is 11.3. The molecule has 4 nitrogen and oxygen atoms in total. The second-order valence-electron chi connectivity index (χ2n) is 4.11. The maximum Gasteiger partial charge on any atom is 0.344 e. The fraction of sp³-hybridized carbons (Fsp3) is 0.500. The molecule has 100 valence electrons. The zero-order valence-electron chi connectivity index (χ0n) is 10.9. The Kier molecular flexibility index (Phi) is 6.22. The third-order valence-corrected chi connectivity index (χ3v) is 2.46. The summed E-state index contributed by atoms with van der Waals surface area (Å²) in [7, 11) is 0. The monoisotopic (exact) mass is 252 g/mol. The Bertz CT molecular complexity index is 374. The fourth-order valence-electron chi connectivity index (χ4n) is 1.38. The van der Waals surface area contributed by atoms with Gasteiger partial charge in [0.2, 0.25) is 0 Å². The maximum absolute atomic E-state index is 11.3. The van der Waals surface area contributed by atoms with E-state index in [1.54, 1.807) is 31.2 Å². The van der Waals surface area contributed by atoms with Gasteiger partial charge in [-0.25, -0.2) is 4.79 Å². The second kappa shape index (κ2) is 7.71. The predicted octanol–water partition coefficient (Wildman–Crippen LogP) is 2.46. The van der Waals surface area contributed by atoms with Crippen LogP contribution in [0, 0.1) is 0 Å². The van der Waals surface area contributed by atoms with Crippen molar-refractivity contribution in [2.24, 2.45) is 0 Å². The minimum Gasteiger partial charge on any atom is -0.482 e. The Morgan fingerprint density at radius 3 is 2.89 bits per heavy atom. The molecule has 0 saturated heterocycles. The average Bonchev–Trinajstić information content (AvgIpc) is 2.37. The Morgan fingerprint density at radius 1 is 1.44 bits per heavy atom. The number of benzene rings is 1. The Balaban J connectivity index is 2.38. The number of carbonyl (C=O) groups excluding carboxylic acids is 1. The van der Waals surface area contributed by atoms with Crippen LogP contribution in [0.5, 0.6) is 5.75 Å². The molecule has 1 atom stereocenters. The lowest BCUT2D eigenvalue weighted by molar-refractivity contribution is -0.146. The molecule has 0 aromatic heterocycles. The van der Waals surface area contributed by atoms with E-state index in [2.05, 4.69) is 0 Å². The Hall–Kier alpha value is -1.55. The molecule has 18 heavy (non-hydrogen) atoms. The van der Waals surface area contributed by atoms with Crippen molar-refractivity contribution in [3.05, 3.63) is 29.8 Å². The van der Waals surface area contributed by atoms with Crippen LogP contribution in [0.1, 0.15) is 38.4 Å². The van der Waals surface area contributed by atoms with Crippen molar-refractivity contribution in [1.82, 2.24) is 0 Å². The number of aliphatic hydroxyl groups excluding tert-OH is 1. The highest BCUT2D eigenvalue weighted by molar-refractivity contribution is 5.71. The molecule has 0 aliphatic carbocycles. The molecule has 0 amide bonds. The van der Waals surface area contributed by atoms with Crippen molar-refractivity contribution in [3.63, 3.8) is 0 Å². The molecule has 0 aliphatic rings. The summed E-state index contributed by atoms with van der Waals surface area (Å²) in [6.45, 7) is 4.05. The second-order valence-corrected chi connectivity index (χ2v) is 4.11. The van der Waals surface area contributed by atoms with Gasteiger partial charge in [0.1, 0.15) is 5.75 Å². The zero-order valence-corrected chi connectivity index (χ0v) is 10.9. The van der Waals surface area contributed by atoms with E-state index >= 15 is 0 Å². The summed E-state index contributed by atoms with van der Waals surface area (Å²) >= 11 is 0. The minimum absolute atomic E-state index is 0.104. The largest absolute Gasteiger partial charge is 0.482 e. The van der Waals surface area contributed by atoms with Crippen molar-refractivity contribution in [1.29, 1.82) is 0 Å². The van der Waals surface area contributed by atoms with Gasteiger partial charge in [0, 0.05) is 0 Å². The van der Waals surface area contributed by atoms with Crippen LogP contribution in [-0.2, 0) is 9.53 Å². The van der Waals surface area contributed by atoms with Gasteiger partial charge in [0.25, 0.3) is 0 Å². The number of carbonyl (C=O) groups is 1. The van der Waals surface area contributed by atoms with E-state index in [-0.39, 0.29) is 12.6 Å². The van der Waals surface area contributed by atoms with Gasteiger partial charge in [-0.15, -0.1) is 0 Å². The molecule has 1 aromatic carbocycles. The molecule has 1 rings (SSSR count). The van der Waals surface area contributed by atoms with Crippen LogP contribution in [0.15, 0.2) is 24.3 Å². The molecule has 1 unspecified atom stereocenters. The first-order valence-corrected chi connectivity index (χ1v) is 6.20. The minimum atomic E-state index is -0.551. The Labute approximate surface area is 108 Å². The summed E-state index contributed by atoms with van der Waals surface area (Å²) < 4.78 is 10.3. The van der Waals surface area contributed by atoms with Gasteiger partial charge < -0.3 is 14.6 Å². The molecular formula is C14H20O4. The number of esters is 1. The van der Waals surface area contributed by atoms with Crippen LogP contribution in [-0.4, -0.2) is 24.3 Å². The first kappa shape index (κ1) is 14.5. The van der Waals surface area contributed by atoms with Crippen molar-refractivity contribution >= 4 is 5.97 Å². The molecular weight excluding hydrogens is 232 g/mol. The van der Waals surface area contributed by atoms with Crippen molar-refractivity contribution in [3.8, 4) is 5.75 Å². The van der Waals surface area contributed by atoms with Crippen LogP contribution in [0.3, 0.4) is 0 Å². The van der Waals surface area contributed by atoms with Gasteiger partial charge >= 0.3 is 5.97 Å². The summed E-state index contributed by atoms with van der Waals surface area (Å²) in [5.74, 6) is 0.187. The lowest BCUT2D eigenvalue weighted by Gasteiger charge is -2.09. The first-order valence-electron chi connectivity index (χ1n) is 6.20. The van der Waals surface area contributed by atoms with Gasteiger partial charge in [-0.05, 0) is 31.0 Å². The van der Waals surface area contributed by atoms with Gasteiger partial charge in [0.15, 0.2) is 6.61 Å². The van der Waals surface area contributed by atoms with Gasteiger partial charge in [-0.1, -0.05) is 25.5 Å². The number of hydrogen-bond donors (Lipinski definition) is 1. The van der Waals surface area contributed by atoms with E-state index in [1.807, 2.05) is 6.92 Å². The van der Waals surface area contributed by atoms with E-state index in [9.17, 15) is 9.90 Å². The van der Waals surface area contributed by atoms with E-state index in [1.165, 1.54) is 0 Å². The average molecular weight is 252 g/mol. The van der Waals surface area contributed by atoms with Crippen molar-refractivity contribution in [2.75, 3.05) is 13.2 Å². The lowest BCUT2D eigenvalue weighted by atomic mass is 10.1. The van der Waals surface area contributed by atoms with Gasteiger partial charge in [0.05, 0.1) is 12.7 Å². The molecule has 0 bridgehead atoms. The molecule has 1 N–H and O–H groups in total. The third-order valence-electron chi connectivity index (χ3n) is 2.46. The van der Waals surface area contributed by atoms with E-state index in [4.69, 9.17) is 9.47 Å². The highest BCUT2D eigenvalue weighted by atomic mass is 16.6. The topological polar surface area (TPSA) is 55.8 Å². The van der Waals surface area contributed by atoms with Crippen LogP contribution in [0.25, 0.3) is 0 Å². The Morgan fingerprint density at radius 2 is 2.22 bits per heavy atom. The molecule has 0 saturated carbocycles. The summed E-state index contributed by atoms with van der Waals surface area (Å²) in [6, 6.07) is 7.03. The van der Waals surface area contributed by atoms with E-state index < -0.39 is 6.10 Å². The highest BCUT2D eigenvalue weighted by Crippen LogP contribution is 2.18. The number of rotatable bonds is 7. The smallest absolute Gasteiger partial charge is 0.344 e.